The van der Waals surface area contributed by atoms with Gasteiger partial charge in [-0.15, -0.1) is 0 Å². The van der Waals surface area contributed by atoms with Crippen molar-refractivity contribution in [1.29, 1.82) is 0 Å². The Hall–Kier alpha value is -4.50. The van der Waals surface area contributed by atoms with Crippen molar-refractivity contribution in [3.05, 3.63) is 83.7 Å². The highest BCUT2D eigenvalue weighted by Gasteiger charge is 2.29. The first-order valence-electron chi connectivity index (χ1n) is 15.1. The molecule has 2 unspecified atom stereocenters. The van der Waals surface area contributed by atoms with E-state index in [4.69, 9.17) is 10.7 Å². The normalized spacial score (nSPS) is 17.0. The van der Waals surface area contributed by atoms with Crippen LogP contribution in [0.4, 0.5) is 5.69 Å². The van der Waals surface area contributed by atoms with Crippen LogP contribution >= 0.6 is 0 Å². The van der Waals surface area contributed by atoms with Crippen molar-refractivity contribution in [1.82, 2.24) is 19.8 Å². The Morgan fingerprint density at radius 1 is 1.09 bits per heavy atom. The summed E-state index contributed by atoms with van der Waals surface area (Å²) in [4.78, 5) is 43.4. The molecule has 0 aliphatic carbocycles. The monoisotopic (exact) mass is 578 g/mol. The van der Waals surface area contributed by atoms with Gasteiger partial charge in [0.25, 0.3) is 0 Å². The van der Waals surface area contributed by atoms with Crippen molar-refractivity contribution >= 4 is 34.4 Å². The molecule has 2 atom stereocenters. The highest BCUT2D eigenvalue weighted by atomic mass is 16.2. The van der Waals surface area contributed by atoms with E-state index in [1.807, 2.05) is 41.3 Å². The van der Waals surface area contributed by atoms with E-state index < -0.39 is 0 Å². The van der Waals surface area contributed by atoms with Crippen LogP contribution in [0.5, 0.6) is 0 Å². The first kappa shape index (κ1) is 28.6. The van der Waals surface area contributed by atoms with Gasteiger partial charge in [0, 0.05) is 57.2 Å². The molecular weight excluding hydrogens is 540 g/mol. The Bertz CT molecular complexity index is 1660. The summed E-state index contributed by atoms with van der Waals surface area (Å²) in [5.41, 5.74) is 13.6. The van der Waals surface area contributed by atoms with Crippen LogP contribution in [0.2, 0.25) is 0 Å². The van der Waals surface area contributed by atoms with Gasteiger partial charge in [0.05, 0.1) is 17.5 Å². The maximum Gasteiger partial charge on any atom is 0.228 e. The number of carbonyl (C=O) groups excluding carboxylic acids is 3. The Morgan fingerprint density at radius 2 is 1.88 bits per heavy atom. The summed E-state index contributed by atoms with van der Waals surface area (Å²) in [6.07, 6.45) is 3.21. The summed E-state index contributed by atoms with van der Waals surface area (Å²) < 4.78 is 2.19. The van der Waals surface area contributed by atoms with Crippen molar-refractivity contribution in [2.75, 3.05) is 25.0 Å². The number of likely N-dealkylation sites (tertiary alicyclic amines) is 1. The standard InChI is InChI=1S/C34H38N6O3/c1-22(41)36-14-16-40-31-7-3-2-6-29(31)38-34(40)27-5-4-15-39(21-27)33(43)20-28(35)17-23-8-10-24(11-9-23)25-12-13-26-19-32(42)37-30(26)18-25/h2-3,6-13,18,27-28H,4-5,14-17,19-21,35H2,1H3,(H,36,41)(H,37,42). The fourth-order valence-corrected chi connectivity index (χ4v) is 6.35. The number of benzene rings is 3. The molecule has 1 saturated heterocycles. The third-order valence-electron chi connectivity index (χ3n) is 8.49. The smallest absolute Gasteiger partial charge is 0.228 e. The molecule has 1 fully saturated rings. The molecule has 222 valence electrons. The topological polar surface area (TPSA) is 122 Å². The first-order chi connectivity index (χ1) is 20.8. The Balaban J connectivity index is 1.07. The van der Waals surface area contributed by atoms with Crippen molar-refractivity contribution in [3.8, 4) is 11.1 Å². The number of aromatic nitrogens is 2. The summed E-state index contributed by atoms with van der Waals surface area (Å²) in [7, 11) is 0. The minimum absolute atomic E-state index is 0.0321. The molecule has 6 rings (SSSR count). The van der Waals surface area contributed by atoms with Gasteiger partial charge < -0.3 is 25.8 Å². The van der Waals surface area contributed by atoms with E-state index in [0.717, 1.165) is 64.2 Å². The van der Waals surface area contributed by atoms with Crippen LogP contribution in [0.3, 0.4) is 0 Å². The molecule has 0 saturated carbocycles. The highest BCUT2D eigenvalue weighted by molar-refractivity contribution is 6.00. The molecule has 2 aliphatic rings. The molecule has 43 heavy (non-hydrogen) atoms. The van der Waals surface area contributed by atoms with Gasteiger partial charge in [0.1, 0.15) is 5.82 Å². The van der Waals surface area contributed by atoms with Crippen LogP contribution in [0.15, 0.2) is 66.7 Å². The lowest BCUT2D eigenvalue weighted by molar-refractivity contribution is -0.132. The molecule has 3 aromatic carbocycles. The second kappa shape index (κ2) is 12.4. The molecular formula is C34H38N6O3. The van der Waals surface area contributed by atoms with E-state index in [0.29, 0.717) is 32.5 Å². The lowest BCUT2D eigenvalue weighted by atomic mass is 9.95. The minimum Gasteiger partial charge on any atom is -0.355 e. The van der Waals surface area contributed by atoms with Gasteiger partial charge in [-0.05, 0) is 59.7 Å². The lowest BCUT2D eigenvalue weighted by Crippen LogP contribution is -2.42. The van der Waals surface area contributed by atoms with Gasteiger partial charge in [-0.1, -0.05) is 48.5 Å². The molecule has 0 radical (unpaired) electrons. The van der Waals surface area contributed by atoms with E-state index in [2.05, 4.69) is 45.5 Å². The number of fused-ring (bicyclic) bond motifs is 2. The summed E-state index contributed by atoms with van der Waals surface area (Å²) >= 11 is 0. The summed E-state index contributed by atoms with van der Waals surface area (Å²) in [5, 5.41) is 5.80. The van der Waals surface area contributed by atoms with Crippen LogP contribution in [0.1, 0.15) is 49.1 Å². The van der Waals surface area contributed by atoms with E-state index in [1.165, 1.54) is 6.92 Å². The molecule has 2 aliphatic heterocycles. The minimum atomic E-state index is -0.281. The zero-order chi connectivity index (χ0) is 29.9. The fraction of sp³-hybridized carbons (Fsp3) is 0.353. The Kier molecular flexibility index (Phi) is 8.24. The number of para-hydroxylation sites is 2. The number of nitrogens with zero attached hydrogens (tertiary/aromatic N) is 3. The van der Waals surface area contributed by atoms with Crippen molar-refractivity contribution < 1.29 is 14.4 Å². The summed E-state index contributed by atoms with van der Waals surface area (Å²) in [6, 6.07) is 22.1. The van der Waals surface area contributed by atoms with Crippen LogP contribution in [-0.2, 0) is 33.8 Å². The maximum atomic E-state index is 13.4. The molecule has 3 amide bonds. The zero-order valence-corrected chi connectivity index (χ0v) is 24.5. The molecule has 9 heteroatoms. The number of hydrogen-bond acceptors (Lipinski definition) is 5. The van der Waals surface area contributed by atoms with Gasteiger partial charge in [-0.25, -0.2) is 4.98 Å². The largest absolute Gasteiger partial charge is 0.355 e. The Labute approximate surface area is 251 Å². The number of piperidine rings is 1. The molecule has 4 aromatic rings. The maximum absolute atomic E-state index is 13.4. The fourth-order valence-electron chi connectivity index (χ4n) is 6.35. The van der Waals surface area contributed by atoms with E-state index >= 15 is 0 Å². The summed E-state index contributed by atoms with van der Waals surface area (Å²) in [5.74, 6) is 1.15. The zero-order valence-electron chi connectivity index (χ0n) is 24.5. The number of imidazole rings is 1. The van der Waals surface area contributed by atoms with E-state index in [-0.39, 0.29) is 36.1 Å². The van der Waals surface area contributed by atoms with Gasteiger partial charge in [0.15, 0.2) is 0 Å². The molecule has 0 spiro atoms. The van der Waals surface area contributed by atoms with E-state index in [1.54, 1.807) is 0 Å². The molecule has 0 bridgehead atoms. The molecule has 9 nitrogen and oxygen atoms in total. The third-order valence-corrected chi connectivity index (χ3v) is 8.49. The second-order valence-corrected chi connectivity index (χ2v) is 11.7. The van der Waals surface area contributed by atoms with Crippen LogP contribution in [0.25, 0.3) is 22.2 Å². The Morgan fingerprint density at radius 3 is 2.70 bits per heavy atom. The average molecular weight is 579 g/mol. The average Bonchev–Trinajstić information content (AvgIpc) is 3.56. The SMILES string of the molecule is CC(=O)NCCn1c(C2CCCN(C(=O)CC(N)Cc3ccc(-c4ccc5c(c4)NC(=O)C5)cc3)C2)nc2ccccc21. The predicted molar refractivity (Wildman–Crippen MR) is 167 cm³/mol. The highest BCUT2D eigenvalue weighted by Crippen LogP contribution is 2.31. The second-order valence-electron chi connectivity index (χ2n) is 11.7. The number of hydrogen-bond donors (Lipinski definition) is 3. The number of amides is 3. The van der Waals surface area contributed by atoms with Crippen LogP contribution in [-0.4, -0.2) is 57.8 Å². The number of carbonyl (C=O) groups is 3. The predicted octanol–water partition coefficient (Wildman–Crippen LogP) is 4.00. The quantitative estimate of drug-likeness (QED) is 0.277. The van der Waals surface area contributed by atoms with Crippen molar-refractivity contribution in [2.45, 2.75) is 57.5 Å². The third kappa shape index (κ3) is 6.46. The molecule has 3 heterocycles. The van der Waals surface area contributed by atoms with E-state index in [9.17, 15) is 14.4 Å². The first-order valence-corrected chi connectivity index (χ1v) is 15.1. The van der Waals surface area contributed by atoms with Crippen molar-refractivity contribution in [2.24, 2.45) is 5.73 Å². The van der Waals surface area contributed by atoms with Gasteiger partial charge in [-0.2, -0.15) is 0 Å². The number of nitrogens with two attached hydrogens (primary N) is 1. The number of nitrogens with one attached hydrogen (secondary N) is 2. The number of rotatable bonds is 9. The summed E-state index contributed by atoms with van der Waals surface area (Å²) in [6.45, 7) is 4.02. The van der Waals surface area contributed by atoms with Gasteiger partial charge in [0.2, 0.25) is 17.7 Å². The lowest BCUT2D eigenvalue weighted by Gasteiger charge is -2.33. The number of anilines is 1. The molecule has 1 aromatic heterocycles. The van der Waals surface area contributed by atoms with Gasteiger partial charge >= 0.3 is 0 Å². The van der Waals surface area contributed by atoms with Crippen LogP contribution < -0.4 is 16.4 Å². The van der Waals surface area contributed by atoms with Crippen LogP contribution in [0, 0.1) is 0 Å². The molecule has 4 N–H and O–H groups in total. The van der Waals surface area contributed by atoms with Gasteiger partial charge in [-0.3, -0.25) is 14.4 Å². The van der Waals surface area contributed by atoms with Crippen molar-refractivity contribution in [3.63, 3.8) is 0 Å².